The fourth-order valence-electron chi connectivity index (χ4n) is 1.27. The van der Waals surface area contributed by atoms with Crippen LogP contribution in [0, 0.1) is 0 Å². The smallest absolute Gasteiger partial charge is 0.267 e. The summed E-state index contributed by atoms with van der Waals surface area (Å²) in [5.41, 5.74) is -0.620. The van der Waals surface area contributed by atoms with Crippen LogP contribution in [0.15, 0.2) is 15.8 Å². The normalized spacial score (nSPS) is 10.4. The van der Waals surface area contributed by atoms with E-state index in [1.54, 1.807) is 0 Å². The predicted octanol–water partition coefficient (Wildman–Crippen LogP) is 0.225. The van der Waals surface area contributed by atoms with E-state index in [0.717, 1.165) is 12.8 Å². The van der Waals surface area contributed by atoms with Gasteiger partial charge >= 0.3 is 5.69 Å². The van der Waals surface area contributed by atoms with Crippen LogP contribution in [0.3, 0.4) is 0 Å². The number of aryl methyl sites for hydroxylation is 1. The first kappa shape index (κ1) is 10.7. The summed E-state index contributed by atoms with van der Waals surface area (Å²) in [7, 11) is 0. The molecule has 1 rings (SSSR count). The van der Waals surface area contributed by atoms with Gasteiger partial charge in [-0.25, -0.2) is 9.48 Å². The second-order valence-corrected chi connectivity index (χ2v) is 3.14. The molecule has 0 aliphatic rings. The van der Waals surface area contributed by atoms with Crippen LogP contribution in [0.2, 0.25) is 0 Å². The molecular weight excluding hydrogens is 182 g/mol. The Labute approximate surface area is 82.0 Å². The molecule has 0 radical (unpaired) electrons. The zero-order valence-electron chi connectivity index (χ0n) is 8.56. The van der Waals surface area contributed by atoms with Crippen molar-refractivity contribution in [2.75, 3.05) is 0 Å². The van der Waals surface area contributed by atoms with Gasteiger partial charge in [0.15, 0.2) is 0 Å². The van der Waals surface area contributed by atoms with Gasteiger partial charge in [-0.05, 0) is 12.8 Å². The highest BCUT2D eigenvalue weighted by atomic mass is 16.2. The van der Waals surface area contributed by atoms with Gasteiger partial charge in [0.1, 0.15) is 6.20 Å². The van der Waals surface area contributed by atoms with Gasteiger partial charge in [0.25, 0.3) is 5.56 Å². The molecular formula is C9H15N3O2. The largest absolute Gasteiger partial charge is 0.347 e. The Morgan fingerprint density at radius 2 is 1.86 bits per heavy atom. The van der Waals surface area contributed by atoms with Crippen molar-refractivity contribution in [3.8, 4) is 0 Å². The Balaban J connectivity index is 3.19. The molecule has 78 valence electrons. The second-order valence-electron chi connectivity index (χ2n) is 3.14. The monoisotopic (exact) mass is 197 g/mol. The average Bonchev–Trinajstić information content (AvgIpc) is 2.17. The van der Waals surface area contributed by atoms with Crippen molar-refractivity contribution >= 4 is 0 Å². The molecule has 0 unspecified atom stereocenters. The molecule has 1 aromatic heterocycles. The van der Waals surface area contributed by atoms with Crippen LogP contribution in [0.25, 0.3) is 0 Å². The van der Waals surface area contributed by atoms with E-state index in [1.807, 2.05) is 13.8 Å². The van der Waals surface area contributed by atoms with E-state index in [9.17, 15) is 9.59 Å². The minimum absolute atomic E-state index is 0.304. The summed E-state index contributed by atoms with van der Waals surface area (Å²) in [6.07, 6.45) is 2.80. The first-order chi connectivity index (χ1) is 6.70. The van der Waals surface area contributed by atoms with Gasteiger partial charge in [0, 0.05) is 13.1 Å². The number of nitrogens with zero attached hydrogens (tertiary/aromatic N) is 3. The first-order valence-electron chi connectivity index (χ1n) is 4.87. The van der Waals surface area contributed by atoms with E-state index in [1.165, 1.54) is 15.4 Å². The van der Waals surface area contributed by atoms with Crippen LogP contribution >= 0.6 is 0 Å². The molecule has 1 heterocycles. The van der Waals surface area contributed by atoms with E-state index in [-0.39, 0.29) is 11.2 Å². The molecule has 0 bridgehead atoms. The number of hydrogen-bond acceptors (Lipinski definition) is 3. The first-order valence-corrected chi connectivity index (χ1v) is 4.87. The van der Waals surface area contributed by atoms with Crippen LogP contribution in [0.4, 0.5) is 0 Å². The fourth-order valence-corrected chi connectivity index (χ4v) is 1.27. The summed E-state index contributed by atoms with van der Waals surface area (Å²) in [6, 6.07) is 0. The van der Waals surface area contributed by atoms with E-state index >= 15 is 0 Å². The van der Waals surface area contributed by atoms with Crippen LogP contribution in [0.1, 0.15) is 26.7 Å². The summed E-state index contributed by atoms with van der Waals surface area (Å²) >= 11 is 0. The number of rotatable bonds is 4. The highest BCUT2D eigenvalue weighted by Crippen LogP contribution is 1.82. The molecule has 0 amide bonds. The Hall–Kier alpha value is -1.39. The molecule has 0 aromatic carbocycles. The second kappa shape index (κ2) is 4.74. The third-order valence-corrected chi connectivity index (χ3v) is 1.91. The van der Waals surface area contributed by atoms with Gasteiger partial charge in [0.05, 0.1) is 0 Å². The van der Waals surface area contributed by atoms with E-state index < -0.39 is 0 Å². The maximum absolute atomic E-state index is 11.6. The zero-order valence-corrected chi connectivity index (χ0v) is 8.56. The SMILES string of the molecule is CCCn1ncc(=O)n(CCC)c1=O. The van der Waals surface area contributed by atoms with Crippen molar-refractivity contribution in [1.82, 2.24) is 14.3 Å². The van der Waals surface area contributed by atoms with Gasteiger partial charge in [-0.2, -0.15) is 5.10 Å². The van der Waals surface area contributed by atoms with Gasteiger partial charge in [-0.15, -0.1) is 0 Å². The third kappa shape index (κ3) is 2.10. The molecule has 0 saturated heterocycles. The van der Waals surface area contributed by atoms with Gasteiger partial charge in [0.2, 0.25) is 0 Å². The molecule has 0 aliphatic heterocycles. The van der Waals surface area contributed by atoms with Crippen LogP contribution in [-0.4, -0.2) is 14.3 Å². The van der Waals surface area contributed by atoms with Crippen molar-refractivity contribution in [3.05, 3.63) is 27.0 Å². The lowest BCUT2D eigenvalue weighted by Gasteiger charge is -2.05. The Bertz CT molecular complexity index is 405. The summed E-state index contributed by atoms with van der Waals surface area (Å²) in [4.78, 5) is 22.9. The lowest BCUT2D eigenvalue weighted by molar-refractivity contribution is 0.484. The summed E-state index contributed by atoms with van der Waals surface area (Å²) in [5, 5.41) is 3.78. The van der Waals surface area contributed by atoms with Crippen LogP contribution < -0.4 is 11.2 Å². The van der Waals surface area contributed by atoms with E-state index in [0.29, 0.717) is 13.1 Å². The van der Waals surface area contributed by atoms with Crippen molar-refractivity contribution < 1.29 is 0 Å². The molecule has 14 heavy (non-hydrogen) atoms. The minimum Gasteiger partial charge on any atom is -0.267 e. The highest BCUT2D eigenvalue weighted by molar-refractivity contribution is 4.75. The van der Waals surface area contributed by atoms with Crippen molar-refractivity contribution in [2.24, 2.45) is 0 Å². The van der Waals surface area contributed by atoms with Gasteiger partial charge in [-0.1, -0.05) is 13.8 Å². The predicted molar refractivity (Wildman–Crippen MR) is 53.3 cm³/mol. The molecule has 5 heteroatoms. The minimum atomic E-state index is -0.316. The Morgan fingerprint density at radius 3 is 2.43 bits per heavy atom. The molecule has 0 saturated carbocycles. The highest BCUT2D eigenvalue weighted by Gasteiger charge is 2.03. The molecule has 0 aliphatic carbocycles. The fraction of sp³-hybridized carbons (Fsp3) is 0.667. The molecule has 0 spiro atoms. The summed E-state index contributed by atoms with van der Waals surface area (Å²) in [5.74, 6) is 0. The standard InChI is InChI=1S/C9H15N3O2/c1-3-5-11-8(13)7-10-12(6-4-2)9(11)14/h7H,3-6H2,1-2H3. The number of aromatic nitrogens is 3. The zero-order chi connectivity index (χ0) is 10.6. The van der Waals surface area contributed by atoms with E-state index in [4.69, 9.17) is 0 Å². The van der Waals surface area contributed by atoms with Crippen molar-refractivity contribution in [1.29, 1.82) is 0 Å². The van der Waals surface area contributed by atoms with Crippen LogP contribution in [0.5, 0.6) is 0 Å². The van der Waals surface area contributed by atoms with E-state index in [2.05, 4.69) is 5.10 Å². The van der Waals surface area contributed by atoms with Gasteiger partial charge in [-0.3, -0.25) is 9.36 Å². The van der Waals surface area contributed by atoms with Gasteiger partial charge < -0.3 is 0 Å². The lowest BCUT2D eigenvalue weighted by Crippen LogP contribution is -2.40. The summed E-state index contributed by atoms with van der Waals surface area (Å²) < 4.78 is 2.56. The number of hydrogen-bond donors (Lipinski definition) is 0. The molecule has 0 N–H and O–H groups in total. The maximum atomic E-state index is 11.6. The van der Waals surface area contributed by atoms with Crippen molar-refractivity contribution in [2.45, 2.75) is 39.8 Å². The summed E-state index contributed by atoms with van der Waals surface area (Å²) in [6.45, 7) is 4.91. The van der Waals surface area contributed by atoms with Crippen LogP contribution in [-0.2, 0) is 13.1 Å². The van der Waals surface area contributed by atoms with Crippen molar-refractivity contribution in [3.63, 3.8) is 0 Å². The molecule has 0 atom stereocenters. The topological polar surface area (TPSA) is 56.9 Å². The average molecular weight is 197 g/mol. The third-order valence-electron chi connectivity index (χ3n) is 1.91. The quantitative estimate of drug-likeness (QED) is 0.694. The molecule has 0 fully saturated rings. The lowest BCUT2D eigenvalue weighted by atomic mass is 10.4. The molecule has 5 nitrogen and oxygen atoms in total. The maximum Gasteiger partial charge on any atom is 0.347 e. The Kier molecular flexibility index (Phi) is 3.62. The Morgan fingerprint density at radius 1 is 1.21 bits per heavy atom. The molecule has 1 aromatic rings.